The number of aliphatic hydroxyl groups is 1. The Bertz CT molecular complexity index is 541. The molecule has 2 nitrogen and oxygen atoms in total. The van der Waals surface area contributed by atoms with Gasteiger partial charge in [-0.05, 0) is 11.1 Å². The first-order chi connectivity index (χ1) is 9.32. The standard InChI is InChI=1S/C16H15NOS/c18-16(15-11-19-12-17-15,13-7-3-1-4-8-13)14-9-5-2-6-10-14/h1-10,18H,11-12H2. The van der Waals surface area contributed by atoms with E-state index in [1.54, 1.807) is 11.8 Å². The molecule has 2 aromatic rings. The van der Waals surface area contributed by atoms with Crippen LogP contribution in [0, 0.1) is 0 Å². The van der Waals surface area contributed by atoms with Gasteiger partial charge in [-0.1, -0.05) is 60.7 Å². The number of hydrogen-bond donors (Lipinski definition) is 1. The summed E-state index contributed by atoms with van der Waals surface area (Å²) < 4.78 is 0. The third kappa shape index (κ3) is 2.20. The van der Waals surface area contributed by atoms with Crippen molar-refractivity contribution in [2.24, 2.45) is 4.99 Å². The zero-order valence-corrected chi connectivity index (χ0v) is 11.3. The summed E-state index contributed by atoms with van der Waals surface area (Å²) in [5.41, 5.74) is 1.49. The Morgan fingerprint density at radius 2 is 1.42 bits per heavy atom. The first-order valence-corrected chi connectivity index (χ1v) is 7.42. The molecular formula is C16H15NOS. The number of thioether (sulfide) groups is 1. The summed E-state index contributed by atoms with van der Waals surface area (Å²) in [6.45, 7) is 0. The average molecular weight is 269 g/mol. The van der Waals surface area contributed by atoms with Gasteiger partial charge in [-0.25, -0.2) is 0 Å². The number of rotatable bonds is 3. The molecule has 0 bridgehead atoms. The predicted octanol–water partition coefficient (Wildman–Crippen LogP) is 3.07. The van der Waals surface area contributed by atoms with Crippen molar-refractivity contribution in [3.63, 3.8) is 0 Å². The van der Waals surface area contributed by atoms with Gasteiger partial charge in [0.15, 0.2) is 5.60 Å². The molecule has 0 atom stereocenters. The maximum absolute atomic E-state index is 11.3. The molecule has 0 aromatic heterocycles. The van der Waals surface area contributed by atoms with Gasteiger partial charge in [-0.3, -0.25) is 4.99 Å². The van der Waals surface area contributed by atoms with Gasteiger partial charge in [0.2, 0.25) is 0 Å². The van der Waals surface area contributed by atoms with E-state index in [0.717, 1.165) is 28.5 Å². The smallest absolute Gasteiger partial charge is 0.153 e. The van der Waals surface area contributed by atoms with E-state index in [1.807, 2.05) is 60.7 Å². The third-order valence-electron chi connectivity index (χ3n) is 3.39. The summed E-state index contributed by atoms with van der Waals surface area (Å²) in [7, 11) is 0. The summed E-state index contributed by atoms with van der Waals surface area (Å²) in [6, 6.07) is 19.5. The topological polar surface area (TPSA) is 32.6 Å². The van der Waals surface area contributed by atoms with Crippen LogP contribution in [0.2, 0.25) is 0 Å². The molecule has 0 amide bonds. The highest BCUT2D eigenvalue weighted by Gasteiger charge is 2.38. The summed E-state index contributed by atoms with van der Waals surface area (Å²) in [5.74, 6) is 1.51. The van der Waals surface area contributed by atoms with Gasteiger partial charge < -0.3 is 5.11 Å². The highest BCUT2D eigenvalue weighted by atomic mass is 32.2. The Hall–Kier alpha value is -1.58. The molecule has 3 rings (SSSR count). The highest BCUT2D eigenvalue weighted by Crippen LogP contribution is 2.34. The fourth-order valence-corrected chi connectivity index (χ4v) is 3.22. The molecule has 0 saturated carbocycles. The number of aliphatic imine (C=N–C) groups is 1. The molecule has 0 spiro atoms. The van der Waals surface area contributed by atoms with Crippen molar-refractivity contribution in [1.29, 1.82) is 0 Å². The number of nitrogens with zero attached hydrogens (tertiary/aromatic N) is 1. The maximum Gasteiger partial charge on any atom is 0.153 e. The molecule has 0 aliphatic carbocycles. The van der Waals surface area contributed by atoms with Gasteiger partial charge in [-0.2, -0.15) is 0 Å². The zero-order valence-electron chi connectivity index (χ0n) is 10.5. The Labute approximate surface area is 117 Å². The summed E-state index contributed by atoms with van der Waals surface area (Å²) in [6.07, 6.45) is 0. The molecule has 3 heteroatoms. The lowest BCUT2D eigenvalue weighted by Crippen LogP contribution is -2.37. The monoisotopic (exact) mass is 269 g/mol. The van der Waals surface area contributed by atoms with Crippen LogP contribution in [0.1, 0.15) is 11.1 Å². The van der Waals surface area contributed by atoms with Crippen LogP contribution < -0.4 is 0 Å². The van der Waals surface area contributed by atoms with Crippen LogP contribution in [0.15, 0.2) is 65.7 Å². The van der Waals surface area contributed by atoms with E-state index in [4.69, 9.17) is 0 Å². The summed E-state index contributed by atoms with van der Waals surface area (Å²) in [5, 5.41) is 11.3. The molecule has 0 saturated heterocycles. The highest BCUT2D eigenvalue weighted by molar-refractivity contribution is 8.00. The summed E-state index contributed by atoms with van der Waals surface area (Å²) >= 11 is 1.73. The van der Waals surface area contributed by atoms with Crippen molar-refractivity contribution < 1.29 is 5.11 Å². The minimum absolute atomic E-state index is 0.733. The second-order valence-electron chi connectivity index (χ2n) is 4.52. The Morgan fingerprint density at radius 1 is 0.895 bits per heavy atom. The zero-order chi connectivity index (χ0) is 13.1. The Balaban J connectivity index is 2.16. The molecule has 1 N–H and O–H groups in total. The molecule has 1 aliphatic rings. The fraction of sp³-hybridized carbons (Fsp3) is 0.188. The lowest BCUT2D eigenvalue weighted by molar-refractivity contribution is 0.155. The largest absolute Gasteiger partial charge is 0.375 e. The van der Waals surface area contributed by atoms with Crippen molar-refractivity contribution in [2.45, 2.75) is 5.60 Å². The molecule has 2 aromatic carbocycles. The van der Waals surface area contributed by atoms with E-state index in [9.17, 15) is 5.11 Å². The molecule has 0 radical (unpaired) electrons. The number of benzene rings is 2. The van der Waals surface area contributed by atoms with Gasteiger partial charge >= 0.3 is 0 Å². The molecule has 0 unspecified atom stereocenters. The molecule has 19 heavy (non-hydrogen) atoms. The minimum Gasteiger partial charge on any atom is -0.375 e. The minimum atomic E-state index is -1.11. The van der Waals surface area contributed by atoms with Crippen molar-refractivity contribution in [3.8, 4) is 0 Å². The lowest BCUT2D eigenvalue weighted by atomic mass is 9.82. The van der Waals surface area contributed by atoms with E-state index in [0.29, 0.717) is 0 Å². The van der Waals surface area contributed by atoms with Crippen LogP contribution >= 0.6 is 11.8 Å². The van der Waals surface area contributed by atoms with Gasteiger partial charge in [0.1, 0.15) is 0 Å². The first kappa shape index (κ1) is 12.5. The van der Waals surface area contributed by atoms with Crippen molar-refractivity contribution >= 4 is 17.5 Å². The molecular weight excluding hydrogens is 254 g/mol. The van der Waals surface area contributed by atoms with E-state index < -0.39 is 5.60 Å². The second kappa shape index (κ2) is 5.19. The van der Waals surface area contributed by atoms with E-state index in [-0.39, 0.29) is 0 Å². The third-order valence-corrected chi connectivity index (χ3v) is 4.18. The normalized spacial score (nSPS) is 15.3. The second-order valence-corrected chi connectivity index (χ2v) is 5.48. The molecule has 1 aliphatic heterocycles. The fourth-order valence-electron chi connectivity index (χ4n) is 2.39. The maximum atomic E-state index is 11.3. The Morgan fingerprint density at radius 3 is 1.84 bits per heavy atom. The van der Waals surface area contributed by atoms with Crippen LogP contribution in [0.4, 0.5) is 0 Å². The molecule has 1 heterocycles. The number of hydrogen-bond acceptors (Lipinski definition) is 3. The van der Waals surface area contributed by atoms with E-state index in [1.165, 1.54) is 0 Å². The van der Waals surface area contributed by atoms with Crippen molar-refractivity contribution in [1.82, 2.24) is 0 Å². The average Bonchev–Trinajstić information content (AvgIpc) is 3.03. The van der Waals surface area contributed by atoms with Gasteiger partial charge in [0.25, 0.3) is 0 Å². The van der Waals surface area contributed by atoms with Gasteiger partial charge in [0.05, 0.1) is 11.6 Å². The summed E-state index contributed by atoms with van der Waals surface area (Å²) in [4.78, 5) is 4.49. The lowest BCUT2D eigenvalue weighted by Gasteiger charge is -2.29. The van der Waals surface area contributed by atoms with Crippen molar-refractivity contribution in [2.75, 3.05) is 11.6 Å². The van der Waals surface area contributed by atoms with Crippen LogP contribution in [0.5, 0.6) is 0 Å². The van der Waals surface area contributed by atoms with Crippen molar-refractivity contribution in [3.05, 3.63) is 71.8 Å². The van der Waals surface area contributed by atoms with Gasteiger partial charge in [-0.15, -0.1) is 11.8 Å². The van der Waals surface area contributed by atoms with Crippen LogP contribution in [-0.4, -0.2) is 22.4 Å². The molecule has 96 valence electrons. The van der Waals surface area contributed by atoms with Crippen LogP contribution in [0.25, 0.3) is 0 Å². The molecule has 0 fully saturated rings. The Kier molecular flexibility index (Phi) is 3.40. The first-order valence-electron chi connectivity index (χ1n) is 6.27. The van der Waals surface area contributed by atoms with E-state index >= 15 is 0 Å². The van der Waals surface area contributed by atoms with Gasteiger partial charge in [0, 0.05) is 5.75 Å². The van der Waals surface area contributed by atoms with Crippen LogP contribution in [-0.2, 0) is 5.60 Å². The van der Waals surface area contributed by atoms with E-state index in [2.05, 4.69) is 4.99 Å². The van der Waals surface area contributed by atoms with Crippen LogP contribution in [0.3, 0.4) is 0 Å². The SMILES string of the molecule is OC(C1=NCSC1)(c1ccccc1)c1ccccc1. The predicted molar refractivity (Wildman–Crippen MR) is 80.6 cm³/mol. The quantitative estimate of drug-likeness (QED) is 0.929.